The van der Waals surface area contributed by atoms with E-state index in [2.05, 4.69) is 45.1 Å². The molecule has 0 saturated carbocycles. The smallest absolute Gasteiger partial charge is 0.188 e. The highest BCUT2D eigenvalue weighted by Gasteiger charge is 2.15. The molecule has 0 atom stereocenters. The maximum Gasteiger partial charge on any atom is 0.188 e. The van der Waals surface area contributed by atoms with Crippen LogP contribution in [0.1, 0.15) is 17.1 Å². The monoisotopic (exact) mass is 326 g/mol. The van der Waals surface area contributed by atoms with Crippen LogP contribution < -0.4 is 4.90 Å². The van der Waals surface area contributed by atoms with Gasteiger partial charge in [0.05, 0.1) is 28.0 Å². The molecule has 3 heterocycles. The first-order chi connectivity index (χ1) is 11.0. The molecule has 4 aromatic rings. The Bertz CT molecular complexity index is 974. The molecule has 0 bridgehead atoms. The number of anilines is 1. The quantitative estimate of drug-likeness (QED) is 0.628. The van der Waals surface area contributed by atoms with E-state index in [0.717, 1.165) is 38.0 Å². The van der Waals surface area contributed by atoms with Gasteiger partial charge in [0.2, 0.25) is 0 Å². The number of aryl methyl sites for hydroxylation is 3. The lowest BCUT2D eigenvalue weighted by Crippen LogP contribution is -2.17. The van der Waals surface area contributed by atoms with Crippen LogP contribution in [0.5, 0.6) is 0 Å². The van der Waals surface area contributed by atoms with Crippen LogP contribution in [0.4, 0.5) is 5.13 Å². The van der Waals surface area contributed by atoms with Gasteiger partial charge in [-0.3, -0.25) is 0 Å². The third kappa shape index (κ3) is 2.37. The largest absolute Gasteiger partial charge is 0.344 e. The molecule has 0 aliphatic carbocycles. The van der Waals surface area contributed by atoms with Gasteiger partial charge in [0, 0.05) is 14.1 Å². The summed E-state index contributed by atoms with van der Waals surface area (Å²) in [6.07, 6.45) is 0. The molecule has 4 rings (SSSR count). The Balaban J connectivity index is 1.64. The number of hydrogen-bond donors (Lipinski definition) is 1. The minimum absolute atomic E-state index is 0.694. The third-order valence-electron chi connectivity index (χ3n) is 3.93. The van der Waals surface area contributed by atoms with Gasteiger partial charge in [0.1, 0.15) is 5.82 Å². The van der Waals surface area contributed by atoms with Crippen LogP contribution in [0.25, 0.3) is 21.4 Å². The number of nitrogens with one attached hydrogen (secondary N) is 1. The average Bonchev–Trinajstić information content (AvgIpc) is 3.15. The molecule has 118 valence electrons. The van der Waals surface area contributed by atoms with Gasteiger partial charge >= 0.3 is 0 Å². The minimum atomic E-state index is 0.694. The maximum atomic E-state index is 4.70. The second-order valence-corrected chi connectivity index (χ2v) is 6.90. The van der Waals surface area contributed by atoms with Crippen LogP contribution in [0.3, 0.4) is 0 Å². The number of imidazole rings is 1. The molecule has 0 aliphatic heterocycles. The molecule has 23 heavy (non-hydrogen) atoms. The number of benzene rings is 1. The lowest BCUT2D eigenvalue weighted by atomic mass is 10.2. The van der Waals surface area contributed by atoms with Crippen LogP contribution >= 0.6 is 11.3 Å². The molecular weight excluding hydrogens is 308 g/mol. The zero-order valence-corrected chi connectivity index (χ0v) is 14.4. The molecular formula is C16H18N6S. The van der Waals surface area contributed by atoms with Crippen LogP contribution in [-0.4, -0.2) is 31.8 Å². The standard InChI is InChI=1S/C16H18N6S/c1-9-5-6-11-12(7-9)18-13(17-11)8-21(3)16-19-15-14(23-16)10(2)20-22(15)4/h5-7H,8H2,1-4H3,(H,17,18). The van der Waals surface area contributed by atoms with Gasteiger partial charge in [0.25, 0.3) is 0 Å². The van der Waals surface area contributed by atoms with E-state index in [1.807, 2.05) is 25.7 Å². The summed E-state index contributed by atoms with van der Waals surface area (Å²) < 4.78 is 2.98. The number of H-pyrrole nitrogens is 1. The number of thiazole rings is 1. The average molecular weight is 326 g/mol. The van der Waals surface area contributed by atoms with E-state index in [9.17, 15) is 0 Å². The summed E-state index contributed by atoms with van der Waals surface area (Å²) in [4.78, 5) is 14.9. The normalized spacial score (nSPS) is 11.7. The van der Waals surface area contributed by atoms with E-state index in [1.165, 1.54) is 5.56 Å². The Morgan fingerprint density at radius 2 is 2.09 bits per heavy atom. The number of nitrogens with zero attached hydrogens (tertiary/aromatic N) is 5. The first-order valence-electron chi connectivity index (χ1n) is 7.48. The summed E-state index contributed by atoms with van der Waals surface area (Å²) in [5.74, 6) is 0.946. The molecule has 0 amide bonds. The molecule has 1 aromatic carbocycles. The topological polar surface area (TPSA) is 62.6 Å². The van der Waals surface area contributed by atoms with Gasteiger partial charge in [-0.2, -0.15) is 5.10 Å². The summed E-state index contributed by atoms with van der Waals surface area (Å²) >= 11 is 1.67. The summed E-state index contributed by atoms with van der Waals surface area (Å²) in [6, 6.07) is 6.26. The SMILES string of the molecule is Cc1ccc2nc(CN(C)c3nc4c(s3)c(C)nn4C)[nH]c2c1. The Morgan fingerprint density at radius 3 is 2.87 bits per heavy atom. The van der Waals surface area contributed by atoms with Gasteiger partial charge in [-0.05, 0) is 31.5 Å². The zero-order valence-electron chi connectivity index (χ0n) is 13.6. The number of rotatable bonds is 3. The summed E-state index contributed by atoms with van der Waals surface area (Å²) in [5.41, 5.74) is 5.28. The number of aromatic amines is 1. The molecule has 3 aromatic heterocycles. The Kier molecular flexibility index (Phi) is 3.12. The van der Waals surface area contributed by atoms with Crippen molar-refractivity contribution in [3.63, 3.8) is 0 Å². The number of aromatic nitrogens is 5. The predicted octanol–water partition coefficient (Wildman–Crippen LogP) is 3.16. The second kappa shape index (κ2) is 5.06. The maximum absolute atomic E-state index is 4.70. The summed E-state index contributed by atoms with van der Waals surface area (Å²) in [6.45, 7) is 4.80. The Labute approximate surface area is 137 Å². The predicted molar refractivity (Wildman–Crippen MR) is 94.1 cm³/mol. The lowest BCUT2D eigenvalue weighted by molar-refractivity contribution is 0.771. The molecule has 0 unspecified atom stereocenters. The van der Waals surface area contributed by atoms with Crippen molar-refractivity contribution in [2.75, 3.05) is 11.9 Å². The van der Waals surface area contributed by atoms with E-state index >= 15 is 0 Å². The van der Waals surface area contributed by atoms with Crippen molar-refractivity contribution < 1.29 is 0 Å². The van der Waals surface area contributed by atoms with Crippen molar-refractivity contribution >= 4 is 37.8 Å². The van der Waals surface area contributed by atoms with E-state index < -0.39 is 0 Å². The van der Waals surface area contributed by atoms with Gasteiger partial charge in [-0.25, -0.2) is 14.6 Å². The van der Waals surface area contributed by atoms with E-state index in [1.54, 1.807) is 11.3 Å². The first-order valence-corrected chi connectivity index (χ1v) is 8.29. The van der Waals surface area contributed by atoms with Crippen molar-refractivity contribution in [1.29, 1.82) is 0 Å². The molecule has 0 radical (unpaired) electrons. The van der Waals surface area contributed by atoms with Crippen molar-refractivity contribution in [2.45, 2.75) is 20.4 Å². The van der Waals surface area contributed by atoms with E-state index in [0.29, 0.717) is 6.54 Å². The second-order valence-electron chi connectivity index (χ2n) is 5.92. The van der Waals surface area contributed by atoms with Gasteiger partial charge in [0.15, 0.2) is 10.8 Å². The fraction of sp³-hybridized carbons (Fsp3) is 0.312. The molecule has 0 saturated heterocycles. The van der Waals surface area contributed by atoms with E-state index in [4.69, 9.17) is 4.98 Å². The van der Waals surface area contributed by atoms with Gasteiger partial charge in [-0.1, -0.05) is 17.4 Å². The number of fused-ring (bicyclic) bond motifs is 2. The molecule has 0 spiro atoms. The third-order valence-corrected chi connectivity index (χ3v) is 5.20. The summed E-state index contributed by atoms with van der Waals surface area (Å²) in [7, 11) is 3.97. The zero-order chi connectivity index (χ0) is 16.1. The van der Waals surface area contributed by atoms with Crippen LogP contribution in [0, 0.1) is 13.8 Å². The van der Waals surface area contributed by atoms with E-state index in [-0.39, 0.29) is 0 Å². The molecule has 0 fully saturated rings. The van der Waals surface area contributed by atoms with Crippen LogP contribution in [-0.2, 0) is 13.6 Å². The molecule has 7 heteroatoms. The first kappa shape index (κ1) is 14.2. The summed E-state index contributed by atoms with van der Waals surface area (Å²) in [5, 5.41) is 5.38. The Morgan fingerprint density at radius 1 is 1.26 bits per heavy atom. The van der Waals surface area contributed by atoms with Gasteiger partial charge < -0.3 is 9.88 Å². The highest BCUT2D eigenvalue weighted by Crippen LogP contribution is 2.30. The van der Waals surface area contributed by atoms with Crippen molar-refractivity contribution in [2.24, 2.45) is 7.05 Å². The highest BCUT2D eigenvalue weighted by molar-refractivity contribution is 7.22. The van der Waals surface area contributed by atoms with Crippen molar-refractivity contribution in [1.82, 2.24) is 24.7 Å². The molecule has 0 aliphatic rings. The molecule has 1 N–H and O–H groups in total. The lowest BCUT2D eigenvalue weighted by Gasteiger charge is -2.13. The Hall–Kier alpha value is -2.41. The number of hydrogen-bond acceptors (Lipinski definition) is 5. The fourth-order valence-electron chi connectivity index (χ4n) is 2.78. The van der Waals surface area contributed by atoms with Crippen molar-refractivity contribution in [3.8, 4) is 0 Å². The van der Waals surface area contributed by atoms with Crippen LogP contribution in [0.15, 0.2) is 18.2 Å². The minimum Gasteiger partial charge on any atom is -0.344 e. The molecule has 6 nitrogen and oxygen atoms in total. The fourth-order valence-corrected chi connectivity index (χ4v) is 3.77. The van der Waals surface area contributed by atoms with Gasteiger partial charge in [-0.15, -0.1) is 0 Å². The van der Waals surface area contributed by atoms with Crippen molar-refractivity contribution in [3.05, 3.63) is 35.3 Å². The van der Waals surface area contributed by atoms with Crippen LogP contribution in [0.2, 0.25) is 0 Å². The highest BCUT2D eigenvalue weighted by atomic mass is 32.1.